The first-order valence-corrected chi connectivity index (χ1v) is 8.67. The van der Waals surface area contributed by atoms with E-state index in [0.717, 1.165) is 16.7 Å². The predicted octanol–water partition coefficient (Wildman–Crippen LogP) is 4.20. The molecule has 3 aromatic carbocycles. The lowest BCUT2D eigenvalue weighted by Crippen LogP contribution is -2.29. The van der Waals surface area contributed by atoms with Crippen molar-refractivity contribution in [2.45, 2.75) is 4.75 Å². The van der Waals surface area contributed by atoms with Crippen molar-refractivity contribution in [3.63, 3.8) is 0 Å². The Morgan fingerprint density at radius 3 is 1.33 bits per heavy atom. The molecule has 24 heavy (non-hydrogen) atoms. The Hall–Kier alpha value is -2.36. The molecule has 0 aliphatic rings. The summed E-state index contributed by atoms with van der Waals surface area (Å²) < 4.78 is -0.611. The molecule has 2 N–H and O–H groups in total. The summed E-state index contributed by atoms with van der Waals surface area (Å²) in [5, 5.41) is -0.0356. The van der Waals surface area contributed by atoms with E-state index in [1.807, 2.05) is 54.6 Å². The van der Waals surface area contributed by atoms with Crippen LogP contribution in [0.4, 0.5) is 0 Å². The van der Waals surface area contributed by atoms with E-state index in [1.165, 1.54) is 11.8 Å². The van der Waals surface area contributed by atoms with Crippen molar-refractivity contribution in [1.29, 1.82) is 0 Å². The Kier molecular flexibility index (Phi) is 5.14. The van der Waals surface area contributed by atoms with E-state index in [-0.39, 0.29) is 11.7 Å². The van der Waals surface area contributed by atoms with Gasteiger partial charge in [-0.3, -0.25) is 4.79 Å². The molecule has 2 nitrogen and oxygen atoms in total. The Balaban J connectivity index is 2.30. The highest BCUT2D eigenvalue weighted by Gasteiger charge is 2.38. The van der Waals surface area contributed by atoms with E-state index in [0.29, 0.717) is 0 Å². The van der Waals surface area contributed by atoms with E-state index < -0.39 is 4.75 Å². The van der Waals surface area contributed by atoms with Crippen LogP contribution in [-0.4, -0.2) is 11.7 Å². The topological polar surface area (TPSA) is 43.1 Å². The number of hydrogen-bond donors (Lipinski definition) is 1. The van der Waals surface area contributed by atoms with Crippen molar-refractivity contribution in [3.8, 4) is 0 Å². The van der Waals surface area contributed by atoms with E-state index in [2.05, 4.69) is 36.4 Å². The summed E-state index contributed by atoms with van der Waals surface area (Å²) in [6.45, 7) is 0.0128. The summed E-state index contributed by atoms with van der Waals surface area (Å²) in [4.78, 5) is 12.4. The molecule has 0 heterocycles. The normalized spacial score (nSPS) is 11.2. The average molecular weight is 333 g/mol. The SMILES string of the molecule is NCC(=O)SC(c1ccccc1)(c1ccccc1)c1ccccc1. The van der Waals surface area contributed by atoms with Gasteiger partial charge in [0.05, 0.1) is 11.3 Å². The van der Waals surface area contributed by atoms with Crippen LogP contribution in [0.15, 0.2) is 91.0 Å². The van der Waals surface area contributed by atoms with Gasteiger partial charge in [-0.15, -0.1) is 0 Å². The molecule has 3 rings (SSSR count). The third-order valence-corrected chi connectivity index (χ3v) is 5.38. The second-order valence-corrected chi connectivity index (χ2v) is 6.73. The summed E-state index contributed by atoms with van der Waals surface area (Å²) in [6, 6.07) is 30.4. The van der Waals surface area contributed by atoms with Gasteiger partial charge in [-0.05, 0) is 16.7 Å². The van der Waals surface area contributed by atoms with Gasteiger partial charge >= 0.3 is 0 Å². The van der Waals surface area contributed by atoms with Crippen molar-refractivity contribution in [2.75, 3.05) is 6.54 Å². The van der Waals surface area contributed by atoms with Crippen LogP contribution in [-0.2, 0) is 9.54 Å². The molecule has 0 saturated heterocycles. The predicted molar refractivity (Wildman–Crippen MR) is 101 cm³/mol. The van der Waals surface area contributed by atoms with E-state index in [4.69, 9.17) is 5.73 Å². The molecule has 3 aromatic rings. The number of carbonyl (C=O) groups is 1. The molecule has 0 spiro atoms. The molecule has 0 unspecified atom stereocenters. The number of nitrogens with two attached hydrogens (primary N) is 1. The third-order valence-electron chi connectivity index (χ3n) is 3.97. The van der Waals surface area contributed by atoms with Crippen LogP contribution in [0, 0.1) is 0 Å². The van der Waals surface area contributed by atoms with Gasteiger partial charge in [0.2, 0.25) is 5.12 Å². The Morgan fingerprint density at radius 2 is 1.04 bits per heavy atom. The Labute approximate surface area is 146 Å². The lowest BCUT2D eigenvalue weighted by Gasteiger charge is -2.34. The molecular formula is C21H19NOS. The molecule has 0 saturated carbocycles. The average Bonchev–Trinajstić information content (AvgIpc) is 2.68. The van der Waals surface area contributed by atoms with Crippen molar-refractivity contribution in [3.05, 3.63) is 108 Å². The molecule has 0 fully saturated rings. The first-order valence-electron chi connectivity index (χ1n) is 7.86. The monoisotopic (exact) mass is 333 g/mol. The molecular weight excluding hydrogens is 314 g/mol. The van der Waals surface area contributed by atoms with Crippen LogP contribution in [0.3, 0.4) is 0 Å². The zero-order chi connectivity index (χ0) is 16.8. The highest BCUT2D eigenvalue weighted by atomic mass is 32.2. The van der Waals surface area contributed by atoms with Gasteiger partial charge in [-0.1, -0.05) is 103 Å². The quantitative estimate of drug-likeness (QED) is 0.712. The first-order chi connectivity index (χ1) is 11.8. The minimum absolute atomic E-state index is 0.0128. The fraction of sp³-hybridized carbons (Fsp3) is 0.0952. The molecule has 0 atom stereocenters. The minimum Gasteiger partial charge on any atom is -0.323 e. The van der Waals surface area contributed by atoms with Crippen LogP contribution < -0.4 is 5.73 Å². The lowest BCUT2D eigenvalue weighted by atomic mass is 9.84. The van der Waals surface area contributed by atoms with Gasteiger partial charge in [-0.25, -0.2) is 0 Å². The number of hydrogen-bond acceptors (Lipinski definition) is 3. The zero-order valence-electron chi connectivity index (χ0n) is 13.3. The number of rotatable bonds is 5. The molecule has 3 heteroatoms. The summed E-state index contributed by atoms with van der Waals surface area (Å²) in [5.74, 6) is 0. The van der Waals surface area contributed by atoms with E-state index >= 15 is 0 Å². The molecule has 0 radical (unpaired) electrons. The number of thioether (sulfide) groups is 1. The van der Waals surface area contributed by atoms with Crippen LogP contribution >= 0.6 is 11.8 Å². The van der Waals surface area contributed by atoms with E-state index in [9.17, 15) is 4.79 Å². The second kappa shape index (κ2) is 7.47. The van der Waals surface area contributed by atoms with Crippen LogP contribution in [0.1, 0.15) is 16.7 Å². The van der Waals surface area contributed by atoms with Crippen LogP contribution in [0.5, 0.6) is 0 Å². The molecule has 0 aromatic heterocycles. The first kappa shape index (κ1) is 16.5. The van der Waals surface area contributed by atoms with Gasteiger partial charge in [0, 0.05) is 0 Å². The highest BCUT2D eigenvalue weighted by Crippen LogP contribution is 2.48. The fourth-order valence-electron chi connectivity index (χ4n) is 2.91. The summed E-state index contributed by atoms with van der Waals surface area (Å²) >= 11 is 1.29. The van der Waals surface area contributed by atoms with Gasteiger partial charge in [-0.2, -0.15) is 0 Å². The van der Waals surface area contributed by atoms with E-state index in [1.54, 1.807) is 0 Å². The largest absolute Gasteiger partial charge is 0.323 e. The van der Waals surface area contributed by atoms with Crippen molar-refractivity contribution in [1.82, 2.24) is 0 Å². The van der Waals surface area contributed by atoms with Crippen molar-refractivity contribution >= 4 is 16.9 Å². The smallest absolute Gasteiger partial charge is 0.204 e. The molecule has 0 aliphatic carbocycles. The van der Waals surface area contributed by atoms with Gasteiger partial charge in [0.15, 0.2) is 0 Å². The van der Waals surface area contributed by atoms with Crippen LogP contribution in [0.2, 0.25) is 0 Å². The van der Waals surface area contributed by atoms with Crippen molar-refractivity contribution in [2.24, 2.45) is 5.73 Å². The number of carbonyl (C=O) groups excluding carboxylic acids is 1. The van der Waals surface area contributed by atoms with Crippen LogP contribution in [0.25, 0.3) is 0 Å². The standard InChI is InChI=1S/C21H19NOS/c22-16-20(23)24-21(17-10-4-1-5-11-17,18-12-6-2-7-13-18)19-14-8-3-9-15-19/h1-15H,16,22H2. The minimum atomic E-state index is -0.611. The third kappa shape index (κ3) is 3.14. The number of benzene rings is 3. The fourth-order valence-corrected chi connectivity index (χ4v) is 4.09. The molecule has 0 aliphatic heterocycles. The Bertz CT molecular complexity index is 691. The molecule has 0 amide bonds. The Morgan fingerprint density at radius 1 is 0.708 bits per heavy atom. The summed E-state index contributed by atoms with van der Waals surface area (Å²) in [5.41, 5.74) is 8.84. The second-order valence-electron chi connectivity index (χ2n) is 5.46. The van der Waals surface area contributed by atoms with Crippen molar-refractivity contribution < 1.29 is 4.79 Å². The highest BCUT2D eigenvalue weighted by molar-refractivity contribution is 8.14. The maximum Gasteiger partial charge on any atom is 0.204 e. The maximum absolute atomic E-state index is 12.4. The molecule has 120 valence electrons. The summed E-state index contributed by atoms with van der Waals surface area (Å²) in [6.07, 6.45) is 0. The lowest BCUT2D eigenvalue weighted by molar-refractivity contribution is -0.109. The maximum atomic E-state index is 12.4. The molecule has 0 bridgehead atoms. The summed E-state index contributed by atoms with van der Waals surface area (Å²) in [7, 11) is 0. The van der Waals surface area contributed by atoms with Gasteiger partial charge < -0.3 is 5.73 Å². The van der Waals surface area contributed by atoms with Gasteiger partial charge in [0.1, 0.15) is 0 Å². The zero-order valence-corrected chi connectivity index (χ0v) is 14.1. The van der Waals surface area contributed by atoms with Gasteiger partial charge in [0.25, 0.3) is 0 Å².